The highest BCUT2D eigenvalue weighted by Crippen LogP contribution is 2.26. The third-order valence-corrected chi connectivity index (χ3v) is 4.92. The lowest BCUT2D eigenvalue weighted by molar-refractivity contribution is 0.331. The lowest BCUT2D eigenvalue weighted by atomic mass is 10.0. The Hall–Kier alpha value is -1.07. The molecule has 3 N–H and O–H groups in total. The summed E-state index contributed by atoms with van der Waals surface area (Å²) in [5, 5.41) is 11.0. The van der Waals surface area contributed by atoms with Crippen LogP contribution >= 0.6 is 27.5 Å². The first kappa shape index (κ1) is 16.8. The molecule has 0 unspecified atom stereocenters. The van der Waals surface area contributed by atoms with E-state index >= 15 is 0 Å². The van der Waals surface area contributed by atoms with E-state index in [1.165, 1.54) is 11.1 Å². The van der Waals surface area contributed by atoms with E-state index < -0.39 is 0 Å². The fourth-order valence-corrected chi connectivity index (χ4v) is 3.42. The highest BCUT2D eigenvalue weighted by molar-refractivity contribution is 9.10. The molecule has 1 fully saturated rings. The smallest absolute Gasteiger partial charge is 0.0488 e. The van der Waals surface area contributed by atoms with Gasteiger partial charge in [0.05, 0.1) is 0 Å². The van der Waals surface area contributed by atoms with E-state index in [1.54, 1.807) is 0 Å². The second-order valence-electron chi connectivity index (χ2n) is 5.95. The quantitative estimate of drug-likeness (QED) is 0.664. The van der Waals surface area contributed by atoms with Gasteiger partial charge in [0, 0.05) is 47.9 Å². The number of rotatable bonds is 7. The Bertz CT molecular complexity index is 658. The molecular formula is C18H21BrClN3. The predicted molar refractivity (Wildman–Crippen MR) is 101 cm³/mol. The van der Waals surface area contributed by atoms with Crippen molar-refractivity contribution in [3.63, 3.8) is 0 Å². The topological polar surface area (TPSA) is 36.1 Å². The van der Waals surface area contributed by atoms with Crippen LogP contribution in [0.15, 0.2) is 46.9 Å². The standard InChI is InChI=1S/C18H21BrClN3/c19-17-7-16(20)4-5-18(17)23-12-14-3-1-2-13(6-14)8-21-9-15-10-22-11-15/h1-7,15,21-23H,8-12H2. The van der Waals surface area contributed by atoms with E-state index in [0.717, 1.165) is 53.8 Å². The van der Waals surface area contributed by atoms with E-state index in [0.29, 0.717) is 0 Å². The van der Waals surface area contributed by atoms with Gasteiger partial charge < -0.3 is 16.0 Å². The molecule has 0 aromatic heterocycles. The van der Waals surface area contributed by atoms with Crippen molar-refractivity contribution in [1.29, 1.82) is 0 Å². The molecule has 1 aliphatic rings. The number of nitrogens with one attached hydrogen (secondary N) is 3. The molecule has 0 saturated carbocycles. The van der Waals surface area contributed by atoms with Gasteiger partial charge >= 0.3 is 0 Å². The first-order valence-corrected chi connectivity index (χ1v) is 9.06. The van der Waals surface area contributed by atoms with E-state index in [4.69, 9.17) is 11.6 Å². The van der Waals surface area contributed by atoms with Crippen LogP contribution in [0.4, 0.5) is 5.69 Å². The van der Waals surface area contributed by atoms with Crippen LogP contribution in [0.25, 0.3) is 0 Å². The molecule has 5 heteroatoms. The van der Waals surface area contributed by atoms with Gasteiger partial charge in [-0.15, -0.1) is 0 Å². The lowest BCUT2D eigenvalue weighted by Crippen LogP contribution is -2.47. The van der Waals surface area contributed by atoms with Gasteiger partial charge in [-0.3, -0.25) is 0 Å². The molecule has 2 aromatic rings. The van der Waals surface area contributed by atoms with Crippen molar-refractivity contribution < 1.29 is 0 Å². The van der Waals surface area contributed by atoms with Crippen molar-refractivity contribution in [3.8, 4) is 0 Å². The molecule has 0 aliphatic carbocycles. The van der Waals surface area contributed by atoms with Gasteiger partial charge in [-0.05, 0) is 51.2 Å². The molecule has 3 nitrogen and oxygen atoms in total. The summed E-state index contributed by atoms with van der Waals surface area (Å²) in [6.45, 7) is 5.10. The Morgan fingerprint density at radius 2 is 1.87 bits per heavy atom. The summed E-state index contributed by atoms with van der Waals surface area (Å²) >= 11 is 9.50. The van der Waals surface area contributed by atoms with Gasteiger partial charge in [0.25, 0.3) is 0 Å². The van der Waals surface area contributed by atoms with Crippen molar-refractivity contribution >= 4 is 33.2 Å². The fourth-order valence-electron chi connectivity index (χ4n) is 2.59. The number of hydrogen-bond donors (Lipinski definition) is 3. The van der Waals surface area contributed by atoms with Crippen LogP contribution in [0.3, 0.4) is 0 Å². The summed E-state index contributed by atoms with van der Waals surface area (Å²) in [6.07, 6.45) is 0. The van der Waals surface area contributed by atoms with Crippen LogP contribution < -0.4 is 16.0 Å². The molecule has 0 amide bonds. The average Bonchev–Trinajstić information content (AvgIpc) is 2.49. The van der Waals surface area contributed by atoms with Gasteiger partial charge in [-0.25, -0.2) is 0 Å². The molecule has 0 radical (unpaired) electrons. The molecule has 0 bridgehead atoms. The van der Waals surface area contributed by atoms with E-state index in [2.05, 4.69) is 56.1 Å². The van der Waals surface area contributed by atoms with Crippen LogP contribution in [0, 0.1) is 5.92 Å². The Morgan fingerprint density at radius 3 is 2.57 bits per heavy atom. The van der Waals surface area contributed by atoms with Crippen LogP contribution in [0.5, 0.6) is 0 Å². The minimum Gasteiger partial charge on any atom is -0.380 e. The first-order valence-electron chi connectivity index (χ1n) is 7.89. The van der Waals surface area contributed by atoms with Crippen molar-refractivity contribution in [3.05, 3.63) is 63.1 Å². The molecule has 3 rings (SSSR count). The van der Waals surface area contributed by atoms with Crippen LogP contribution in [0.1, 0.15) is 11.1 Å². The SMILES string of the molecule is Clc1ccc(NCc2cccc(CNCC3CNC3)c2)c(Br)c1. The largest absolute Gasteiger partial charge is 0.380 e. The van der Waals surface area contributed by atoms with E-state index in [-0.39, 0.29) is 0 Å². The maximum atomic E-state index is 5.97. The third kappa shape index (κ3) is 4.95. The predicted octanol–water partition coefficient (Wildman–Crippen LogP) is 4.02. The molecule has 23 heavy (non-hydrogen) atoms. The minimum atomic E-state index is 0.733. The van der Waals surface area contributed by atoms with Gasteiger partial charge in [-0.2, -0.15) is 0 Å². The lowest BCUT2D eigenvalue weighted by Gasteiger charge is -2.27. The van der Waals surface area contributed by atoms with Crippen molar-refractivity contribution in [1.82, 2.24) is 10.6 Å². The van der Waals surface area contributed by atoms with Crippen molar-refractivity contribution in [2.75, 3.05) is 25.0 Å². The average molecular weight is 395 g/mol. The zero-order valence-electron chi connectivity index (χ0n) is 12.9. The summed E-state index contributed by atoms with van der Waals surface area (Å²) in [5.41, 5.74) is 3.65. The van der Waals surface area contributed by atoms with Gasteiger partial charge in [0.1, 0.15) is 0 Å². The van der Waals surface area contributed by atoms with E-state index in [9.17, 15) is 0 Å². The number of benzene rings is 2. The highest BCUT2D eigenvalue weighted by Gasteiger charge is 2.15. The van der Waals surface area contributed by atoms with Gasteiger partial charge in [0.2, 0.25) is 0 Å². The van der Waals surface area contributed by atoms with Crippen molar-refractivity contribution in [2.24, 2.45) is 5.92 Å². The molecule has 122 valence electrons. The van der Waals surface area contributed by atoms with Gasteiger partial charge in [0.15, 0.2) is 0 Å². The monoisotopic (exact) mass is 393 g/mol. The van der Waals surface area contributed by atoms with Gasteiger partial charge in [-0.1, -0.05) is 35.9 Å². The summed E-state index contributed by atoms with van der Waals surface area (Å²) in [7, 11) is 0. The second kappa shape index (κ2) is 8.15. The number of halogens is 2. The number of hydrogen-bond acceptors (Lipinski definition) is 3. The first-order chi connectivity index (χ1) is 11.2. The Labute approximate surface area is 150 Å². The highest BCUT2D eigenvalue weighted by atomic mass is 79.9. The molecular weight excluding hydrogens is 374 g/mol. The molecule has 0 atom stereocenters. The minimum absolute atomic E-state index is 0.733. The van der Waals surface area contributed by atoms with Crippen molar-refractivity contribution in [2.45, 2.75) is 13.1 Å². The maximum absolute atomic E-state index is 5.97. The molecule has 1 aliphatic heterocycles. The second-order valence-corrected chi connectivity index (χ2v) is 7.24. The van der Waals surface area contributed by atoms with Crippen LogP contribution in [-0.2, 0) is 13.1 Å². The van der Waals surface area contributed by atoms with E-state index in [1.807, 2.05) is 18.2 Å². The molecule has 0 spiro atoms. The number of anilines is 1. The summed E-state index contributed by atoms with van der Waals surface area (Å²) < 4.78 is 0.983. The molecule has 1 heterocycles. The zero-order chi connectivity index (χ0) is 16.1. The van der Waals surface area contributed by atoms with Crippen LogP contribution in [0.2, 0.25) is 5.02 Å². The summed E-state index contributed by atoms with van der Waals surface area (Å²) in [5.74, 6) is 0.794. The third-order valence-electron chi connectivity index (χ3n) is 4.03. The molecule has 1 saturated heterocycles. The Kier molecular flexibility index (Phi) is 5.95. The molecule has 2 aromatic carbocycles. The van der Waals surface area contributed by atoms with Crippen LogP contribution in [-0.4, -0.2) is 19.6 Å². The fraction of sp³-hybridized carbons (Fsp3) is 0.333. The summed E-state index contributed by atoms with van der Waals surface area (Å²) in [4.78, 5) is 0. The Morgan fingerprint density at radius 1 is 1.09 bits per heavy atom. The Balaban J connectivity index is 1.52. The zero-order valence-corrected chi connectivity index (χ0v) is 15.3. The summed E-state index contributed by atoms with van der Waals surface area (Å²) in [6, 6.07) is 14.5. The maximum Gasteiger partial charge on any atom is 0.0488 e. The normalized spacial score (nSPS) is 14.5.